The van der Waals surface area contributed by atoms with Gasteiger partial charge < -0.3 is 19.5 Å². The summed E-state index contributed by atoms with van der Waals surface area (Å²) in [6.07, 6.45) is 5.91. The summed E-state index contributed by atoms with van der Waals surface area (Å²) in [6.45, 7) is 8.81. The Balaban J connectivity index is 1.44. The first-order valence-electron chi connectivity index (χ1n) is 11.3. The highest BCUT2D eigenvalue weighted by Crippen LogP contribution is 2.56. The van der Waals surface area contributed by atoms with E-state index in [0.717, 1.165) is 45.2 Å². The van der Waals surface area contributed by atoms with Crippen molar-refractivity contribution in [1.82, 2.24) is 4.90 Å². The molecule has 0 spiro atoms. The number of allylic oxidation sites excluding steroid dienone is 1. The topological polar surface area (TPSA) is 76.1 Å². The molecule has 0 radical (unpaired) electrons. The first kappa shape index (κ1) is 20.9. The van der Waals surface area contributed by atoms with Gasteiger partial charge in [-0.15, -0.1) is 0 Å². The molecule has 0 amide bonds. The maximum absolute atomic E-state index is 12.8. The van der Waals surface area contributed by atoms with E-state index < -0.39 is 6.10 Å². The summed E-state index contributed by atoms with van der Waals surface area (Å²) >= 11 is 0. The lowest BCUT2D eigenvalue weighted by Gasteiger charge is -2.52. The number of piperidine rings is 1. The number of rotatable bonds is 4. The minimum Gasteiger partial charge on any atom is -0.466 e. The number of hydrogen-bond donors (Lipinski definition) is 1. The molecule has 4 aliphatic rings. The van der Waals surface area contributed by atoms with Gasteiger partial charge in [0, 0.05) is 24.3 Å². The fourth-order valence-electron chi connectivity index (χ4n) is 6.16. The van der Waals surface area contributed by atoms with Gasteiger partial charge in [0.05, 0.1) is 24.5 Å². The Hall–Kier alpha value is -1.40. The van der Waals surface area contributed by atoms with Crippen molar-refractivity contribution in [1.29, 1.82) is 0 Å². The molecule has 0 bridgehead atoms. The molecule has 6 atom stereocenters. The van der Waals surface area contributed by atoms with E-state index in [1.165, 1.54) is 5.57 Å². The highest BCUT2D eigenvalue weighted by molar-refractivity contribution is 5.76. The smallest absolute Gasteiger partial charge is 0.311 e. The van der Waals surface area contributed by atoms with Crippen LogP contribution in [0.3, 0.4) is 0 Å². The molecular weight excluding hydrogens is 370 g/mol. The normalized spacial score (nSPS) is 40.6. The van der Waals surface area contributed by atoms with E-state index in [1.54, 1.807) is 0 Å². The molecule has 0 aromatic heterocycles. The van der Waals surface area contributed by atoms with Crippen molar-refractivity contribution in [2.45, 2.75) is 65.1 Å². The molecule has 2 heterocycles. The maximum atomic E-state index is 12.8. The van der Waals surface area contributed by atoms with Crippen LogP contribution in [0.5, 0.6) is 0 Å². The molecule has 2 aliphatic heterocycles. The molecule has 29 heavy (non-hydrogen) atoms. The van der Waals surface area contributed by atoms with Crippen LogP contribution < -0.4 is 0 Å². The van der Waals surface area contributed by atoms with Gasteiger partial charge in [0.2, 0.25) is 0 Å². The summed E-state index contributed by atoms with van der Waals surface area (Å²) in [7, 11) is 0. The van der Waals surface area contributed by atoms with Crippen LogP contribution in [-0.4, -0.2) is 60.4 Å². The number of nitrogens with zero attached hydrogens (tertiary/aromatic N) is 1. The zero-order chi connectivity index (χ0) is 20.8. The minimum absolute atomic E-state index is 0.0376. The van der Waals surface area contributed by atoms with E-state index >= 15 is 0 Å². The van der Waals surface area contributed by atoms with Crippen LogP contribution in [0.4, 0.5) is 0 Å². The summed E-state index contributed by atoms with van der Waals surface area (Å²) < 4.78 is 10.9. The van der Waals surface area contributed by atoms with Crippen LogP contribution in [0.2, 0.25) is 0 Å². The van der Waals surface area contributed by atoms with Crippen LogP contribution in [0.15, 0.2) is 11.6 Å². The van der Waals surface area contributed by atoms with E-state index in [0.29, 0.717) is 19.1 Å². The second-order valence-electron chi connectivity index (χ2n) is 9.63. The molecule has 0 unspecified atom stereocenters. The maximum Gasteiger partial charge on any atom is 0.311 e. The highest BCUT2D eigenvalue weighted by Gasteiger charge is 2.59. The molecule has 0 aromatic rings. The van der Waals surface area contributed by atoms with Crippen molar-refractivity contribution in [3.05, 3.63) is 11.6 Å². The fraction of sp³-hybridized carbons (Fsp3) is 0.826. The Morgan fingerprint density at radius 1 is 1.34 bits per heavy atom. The van der Waals surface area contributed by atoms with Gasteiger partial charge in [0.15, 0.2) is 0 Å². The van der Waals surface area contributed by atoms with Gasteiger partial charge in [0.1, 0.15) is 6.10 Å². The van der Waals surface area contributed by atoms with Gasteiger partial charge in [-0.2, -0.15) is 0 Å². The molecule has 3 fully saturated rings. The monoisotopic (exact) mass is 405 g/mol. The van der Waals surface area contributed by atoms with E-state index in [9.17, 15) is 14.7 Å². The Morgan fingerprint density at radius 3 is 2.76 bits per heavy atom. The standard InChI is InChI=1S/C23H35NO5/c1-4-28-21(26)15-8-10-24(11-9-15)13-17-19-18(29-22(17)27)12-16-7-5-6-14(2)23(16,3)20(19)25/h7,14-15,17-20,25H,4-6,8-13H2,1-3H3/t14-,17-,18-,19+,20+,23-/m0/s1. The van der Waals surface area contributed by atoms with Gasteiger partial charge in [-0.25, -0.2) is 0 Å². The number of likely N-dealkylation sites (tertiary alicyclic amines) is 1. The molecule has 162 valence electrons. The minimum atomic E-state index is -0.559. The molecule has 2 aliphatic carbocycles. The molecule has 0 aromatic carbocycles. The lowest BCUT2D eigenvalue weighted by molar-refractivity contribution is -0.150. The predicted octanol–water partition coefficient (Wildman–Crippen LogP) is 2.55. The summed E-state index contributed by atoms with van der Waals surface area (Å²) in [6, 6.07) is 0. The lowest BCUT2D eigenvalue weighted by atomic mass is 9.55. The van der Waals surface area contributed by atoms with Gasteiger partial charge in [-0.1, -0.05) is 25.5 Å². The molecule has 2 saturated heterocycles. The second-order valence-corrected chi connectivity index (χ2v) is 9.63. The van der Waals surface area contributed by atoms with E-state index in [1.807, 2.05) is 6.92 Å². The first-order valence-corrected chi connectivity index (χ1v) is 11.3. The third-order valence-corrected chi connectivity index (χ3v) is 8.23. The molecule has 1 saturated carbocycles. The summed E-state index contributed by atoms with van der Waals surface area (Å²) in [5.41, 5.74) is 1.01. The van der Waals surface area contributed by atoms with Crippen molar-refractivity contribution in [2.75, 3.05) is 26.2 Å². The molecule has 1 N–H and O–H groups in total. The van der Waals surface area contributed by atoms with Crippen molar-refractivity contribution in [3.8, 4) is 0 Å². The summed E-state index contributed by atoms with van der Waals surface area (Å²) in [4.78, 5) is 27.0. The van der Waals surface area contributed by atoms with Crippen LogP contribution in [0, 0.1) is 29.1 Å². The Labute approximate surface area is 173 Å². The average Bonchev–Trinajstić information content (AvgIpc) is 3.00. The van der Waals surface area contributed by atoms with E-state index in [2.05, 4.69) is 24.8 Å². The molecule has 6 nitrogen and oxygen atoms in total. The Kier molecular flexibility index (Phi) is 5.77. The zero-order valence-corrected chi connectivity index (χ0v) is 17.9. The van der Waals surface area contributed by atoms with Gasteiger partial charge >= 0.3 is 11.9 Å². The van der Waals surface area contributed by atoms with Crippen molar-refractivity contribution in [3.63, 3.8) is 0 Å². The third kappa shape index (κ3) is 3.52. The largest absolute Gasteiger partial charge is 0.466 e. The first-order chi connectivity index (χ1) is 13.9. The van der Waals surface area contributed by atoms with Crippen LogP contribution in [-0.2, 0) is 19.1 Å². The SMILES string of the molecule is CCOC(=O)C1CCN(C[C@@H]2C(=O)O[C@H]3CC4=CCC[C@H](C)[C@]4(C)[C@H](O)[C@@H]32)CC1. The number of ether oxygens (including phenoxy) is 2. The number of hydrogen-bond acceptors (Lipinski definition) is 6. The predicted molar refractivity (Wildman–Crippen MR) is 108 cm³/mol. The third-order valence-electron chi connectivity index (χ3n) is 8.23. The van der Waals surface area contributed by atoms with Crippen molar-refractivity contribution in [2.24, 2.45) is 29.1 Å². The summed E-state index contributed by atoms with van der Waals surface area (Å²) in [5.74, 6) is -0.343. The quantitative estimate of drug-likeness (QED) is 0.572. The average molecular weight is 406 g/mol. The second kappa shape index (κ2) is 8.03. The Bertz CT molecular complexity index is 683. The molecular formula is C23H35NO5. The highest BCUT2D eigenvalue weighted by atomic mass is 16.6. The number of aliphatic hydroxyl groups excluding tert-OH is 1. The fourth-order valence-corrected chi connectivity index (χ4v) is 6.16. The van der Waals surface area contributed by atoms with Crippen LogP contribution >= 0.6 is 0 Å². The number of fused-ring (bicyclic) bond motifs is 2. The van der Waals surface area contributed by atoms with Crippen LogP contribution in [0.1, 0.15) is 52.9 Å². The summed E-state index contributed by atoms with van der Waals surface area (Å²) in [5, 5.41) is 11.4. The number of carbonyl (C=O) groups is 2. The zero-order valence-electron chi connectivity index (χ0n) is 17.9. The van der Waals surface area contributed by atoms with E-state index in [-0.39, 0.29) is 41.2 Å². The van der Waals surface area contributed by atoms with Gasteiger partial charge in [0.25, 0.3) is 0 Å². The number of carbonyl (C=O) groups excluding carboxylic acids is 2. The lowest BCUT2D eigenvalue weighted by Crippen LogP contribution is -2.55. The molecule has 6 heteroatoms. The van der Waals surface area contributed by atoms with Gasteiger partial charge in [-0.05, 0) is 51.6 Å². The van der Waals surface area contributed by atoms with E-state index in [4.69, 9.17) is 9.47 Å². The number of esters is 2. The van der Waals surface area contributed by atoms with Crippen LogP contribution in [0.25, 0.3) is 0 Å². The van der Waals surface area contributed by atoms with Crippen molar-refractivity contribution < 1.29 is 24.2 Å². The molecule has 4 rings (SSSR count). The van der Waals surface area contributed by atoms with Crippen molar-refractivity contribution >= 4 is 11.9 Å². The van der Waals surface area contributed by atoms with Gasteiger partial charge in [-0.3, -0.25) is 9.59 Å². The number of aliphatic hydroxyl groups is 1. The Morgan fingerprint density at radius 2 is 2.07 bits per heavy atom.